The number of aliphatic hydroxyl groups is 1. The highest BCUT2D eigenvalue weighted by Crippen LogP contribution is 2.59. The third kappa shape index (κ3) is 4.76. The van der Waals surface area contributed by atoms with E-state index in [4.69, 9.17) is 9.47 Å². The molecule has 1 spiro atoms. The molecular weight excluding hydrogens is 496 g/mol. The van der Waals surface area contributed by atoms with Crippen molar-refractivity contribution in [2.24, 2.45) is 11.8 Å². The summed E-state index contributed by atoms with van der Waals surface area (Å²) in [4.78, 5) is 45.1. The van der Waals surface area contributed by atoms with E-state index in [0.29, 0.717) is 25.8 Å². The largest absolute Gasteiger partial charge is 0.466 e. The quantitative estimate of drug-likeness (QED) is 0.353. The highest BCUT2D eigenvalue weighted by molar-refractivity contribution is 5.98. The number of ether oxygens (including phenoxy) is 2. The van der Waals surface area contributed by atoms with Crippen LogP contribution in [0.25, 0.3) is 0 Å². The smallest absolute Gasteiger partial charge is 0.312 e. The van der Waals surface area contributed by atoms with E-state index in [2.05, 4.69) is 6.58 Å². The minimum atomic E-state index is -1.16. The van der Waals surface area contributed by atoms with Crippen molar-refractivity contribution in [1.29, 1.82) is 0 Å². The predicted molar refractivity (Wildman–Crippen MR) is 144 cm³/mol. The molecule has 0 saturated carbocycles. The van der Waals surface area contributed by atoms with Crippen molar-refractivity contribution in [2.75, 3.05) is 19.8 Å². The zero-order valence-corrected chi connectivity index (χ0v) is 22.3. The molecule has 2 amide bonds. The van der Waals surface area contributed by atoms with Crippen LogP contribution < -0.4 is 0 Å². The van der Waals surface area contributed by atoms with Crippen LogP contribution in [-0.4, -0.2) is 76.2 Å². The molecular formula is C31H36N2O6. The molecule has 2 unspecified atom stereocenters. The standard InChI is InChI=1S/C31H36N2O6/c1-3-17-32(19-22-13-9-6-10-14-22)29(36)27-31-16-15-24(39-31)25(30(37)38-4-2)26(31)28(35)33(27)23(20-34)18-21-11-7-5-8-12-21/h3,5-14,23-27,34H,1,4,15-20H2,2H3/t23-,24-,25+,26+,27?,31?/m1/s1. The fourth-order valence-corrected chi connectivity index (χ4v) is 6.77. The molecule has 8 heteroatoms. The molecule has 5 rings (SSSR count). The lowest BCUT2D eigenvalue weighted by Gasteiger charge is -2.39. The first-order valence-corrected chi connectivity index (χ1v) is 13.7. The molecule has 6 atom stereocenters. The summed E-state index contributed by atoms with van der Waals surface area (Å²) in [5.41, 5.74) is 0.724. The van der Waals surface area contributed by atoms with Crippen LogP contribution in [0.5, 0.6) is 0 Å². The number of carbonyl (C=O) groups is 3. The van der Waals surface area contributed by atoms with E-state index in [1.165, 1.54) is 4.90 Å². The molecule has 206 valence electrons. The fraction of sp³-hybridized carbons (Fsp3) is 0.452. The molecule has 3 fully saturated rings. The summed E-state index contributed by atoms with van der Waals surface area (Å²) in [5, 5.41) is 10.6. The Labute approximate surface area is 229 Å². The van der Waals surface area contributed by atoms with Crippen LogP contribution >= 0.6 is 0 Å². The van der Waals surface area contributed by atoms with Gasteiger partial charge in [0.2, 0.25) is 11.8 Å². The van der Waals surface area contributed by atoms with Crippen molar-refractivity contribution in [3.8, 4) is 0 Å². The van der Waals surface area contributed by atoms with Gasteiger partial charge < -0.3 is 24.4 Å². The van der Waals surface area contributed by atoms with Gasteiger partial charge in [0, 0.05) is 13.1 Å². The maximum absolute atomic E-state index is 14.5. The summed E-state index contributed by atoms with van der Waals surface area (Å²) in [6, 6.07) is 17.6. The number of hydrogen-bond donors (Lipinski definition) is 1. The maximum Gasteiger partial charge on any atom is 0.312 e. The van der Waals surface area contributed by atoms with Crippen LogP contribution in [0.1, 0.15) is 30.9 Å². The predicted octanol–water partition coefficient (Wildman–Crippen LogP) is 2.74. The summed E-state index contributed by atoms with van der Waals surface area (Å²) in [7, 11) is 0. The Hall–Kier alpha value is -3.49. The van der Waals surface area contributed by atoms with E-state index in [-0.39, 0.29) is 31.6 Å². The van der Waals surface area contributed by atoms with Gasteiger partial charge in [-0.25, -0.2) is 0 Å². The van der Waals surface area contributed by atoms with Crippen LogP contribution in [0, 0.1) is 11.8 Å². The lowest BCUT2D eigenvalue weighted by atomic mass is 9.70. The number of fused-ring (bicyclic) bond motifs is 1. The third-order valence-corrected chi connectivity index (χ3v) is 8.33. The van der Waals surface area contributed by atoms with E-state index in [1.54, 1.807) is 17.9 Å². The third-order valence-electron chi connectivity index (χ3n) is 8.33. The van der Waals surface area contributed by atoms with Crippen LogP contribution in [0.3, 0.4) is 0 Å². The van der Waals surface area contributed by atoms with Gasteiger partial charge in [-0.2, -0.15) is 0 Å². The van der Waals surface area contributed by atoms with Crippen molar-refractivity contribution in [3.05, 3.63) is 84.4 Å². The SMILES string of the molecule is C=CCN(Cc1ccccc1)C(=O)C1N([C@@H](CO)Cc2ccccc2)C(=O)[C@@H]2[C@@H](C(=O)OCC)[C@H]3CCC12O3. The number of esters is 1. The second-order valence-corrected chi connectivity index (χ2v) is 10.6. The Bertz CT molecular complexity index is 1200. The number of benzene rings is 2. The molecule has 2 aromatic rings. The maximum atomic E-state index is 14.5. The molecule has 3 saturated heterocycles. The summed E-state index contributed by atoms with van der Waals surface area (Å²) in [6.45, 7) is 6.06. The van der Waals surface area contributed by atoms with Gasteiger partial charge in [0.25, 0.3) is 0 Å². The number of nitrogens with zero attached hydrogens (tertiary/aromatic N) is 2. The Morgan fingerprint density at radius 3 is 2.46 bits per heavy atom. The van der Waals surface area contributed by atoms with Crippen LogP contribution in [-0.2, 0) is 36.8 Å². The van der Waals surface area contributed by atoms with Gasteiger partial charge >= 0.3 is 5.97 Å². The molecule has 0 aliphatic carbocycles. The molecule has 2 bridgehead atoms. The lowest BCUT2D eigenvalue weighted by Crippen LogP contribution is -2.59. The summed E-state index contributed by atoms with van der Waals surface area (Å²) < 4.78 is 11.9. The van der Waals surface area contributed by atoms with Gasteiger partial charge in [-0.1, -0.05) is 66.7 Å². The average molecular weight is 533 g/mol. The monoisotopic (exact) mass is 532 g/mol. The minimum Gasteiger partial charge on any atom is -0.466 e. The number of rotatable bonds is 11. The van der Waals surface area contributed by atoms with E-state index in [1.807, 2.05) is 60.7 Å². The van der Waals surface area contributed by atoms with E-state index >= 15 is 0 Å². The van der Waals surface area contributed by atoms with Crippen molar-refractivity contribution >= 4 is 17.8 Å². The number of amides is 2. The topological polar surface area (TPSA) is 96.4 Å². The van der Waals surface area contributed by atoms with Gasteiger partial charge in [-0.05, 0) is 37.3 Å². The summed E-state index contributed by atoms with van der Waals surface area (Å²) in [5.74, 6) is -2.68. The van der Waals surface area contributed by atoms with Gasteiger partial charge in [0.15, 0.2) is 0 Å². The van der Waals surface area contributed by atoms with Gasteiger partial charge in [0.05, 0.1) is 37.2 Å². The zero-order valence-electron chi connectivity index (χ0n) is 22.3. The van der Waals surface area contributed by atoms with E-state index in [9.17, 15) is 19.5 Å². The van der Waals surface area contributed by atoms with Gasteiger partial charge in [-0.3, -0.25) is 14.4 Å². The van der Waals surface area contributed by atoms with Crippen molar-refractivity contribution < 1.29 is 29.0 Å². The van der Waals surface area contributed by atoms with Gasteiger partial charge in [-0.15, -0.1) is 6.58 Å². The summed E-state index contributed by atoms with van der Waals surface area (Å²) in [6.07, 6.45) is 2.60. The Morgan fingerprint density at radius 2 is 1.85 bits per heavy atom. The number of hydrogen-bond acceptors (Lipinski definition) is 6. The Balaban J connectivity index is 1.56. The average Bonchev–Trinajstić information content (AvgIpc) is 3.60. The molecule has 3 aliphatic heterocycles. The first kappa shape index (κ1) is 27.1. The number of carbonyl (C=O) groups excluding carboxylic acids is 3. The van der Waals surface area contributed by atoms with Crippen LogP contribution in [0.4, 0.5) is 0 Å². The second-order valence-electron chi connectivity index (χ2n) is 10.6. The Morgan fingerprint density at radius 1 is 1.18 bits per heavy atom. The molecule has 3 aliphatic rings. The highest BCUT2D eigenvalue weighted by Gasteiger charge is 2.75. The van der Waals surface area contributed by atoms with E-state index in [0.717, 1.165) is 11.1 Å². The van der Waals surface area contributed by atoms with Gasteiger partial charge in [0.1, 0.15) is 11.6 Å². The zero-order chi connectivity index (χ0) is 27.6. The first-order valence-electron chi connectivity index (χ1n) is 13.7. The molecule has 8 nitrogen and oxygen atoms in total. The second kappa shape index (κ2) is 11.3. The molecule has 2 aromatic carbocycles. The van der Waals surface area contributed by atoms with Crippen molar-refractivity contribution in [3.63, 3.8) is 0 Å². The number of aliphatic hydroxyl groups excluding tert-OH is 1. The first-order chi connectivity index (χ1) is 18.9. The molecule has 1 N–H and O–H groups in total. The number of likely N-dealkylation sites (tertiary alicyclic amines) is 1. The van der Waals surface area contributed by atoms with Crippen LogP contribution in [0.15, 0.2) is 73.3 Å². The van der Waals surface area contributed by atoms with Crippen molar-refractivity contribution in [1.82, 2.24) is 9.80 Å². The Kier molecular flexibility index (Phi) is 7.86. The fourth-order valence-electron chi connectivity index (χ4n) is 6.77. The molecule has 39 heavy (non-hydrogen) atoms. The summed E-state index contributed by atoms with van der Waals surface area (Å²) >= 11 is 0. The van der Waals surface area contributed by atoms with Crippen molar-refractivity contribution in [2.45, 2.75) is 56.5 Å². The van der Waals surface area contributed by atoms with E-state index < -0.39 is 41.6 Å². The van der Waals surface area contributed by atoms with Crippen LogP contribution in [0.2, 0.25) is 0 Å². The lowest BCUT2D eigenvalue weighted by molar-refractivity contribution is -0.156. The molecule has 0 radical (unpaired) electrons. The normalized spacial score (nSPS) is 27.7. The minimum absolute atomic E-state index is 0.194. The molecule has 0 aromatic heterocycles. The molecule has 3 heterocycles. The highest BCUT2D eigenvalue weighted by atomic mass is 16.6.